The Balaban J connectivity index is 1.21. The van der Waals surface area contributed by atoms with Gasteiger partial charge < -0.3 is 29.3 Å². The average molecular weight is 842 g/mol. The molecule has 60 heavy (non-hydrogen) atoms. The van der Waals surface area contributed by atoms with E-state index in [1.807, 2.05) is 17.9 Å². The van der Waals surface area contributed by atoms with Crippen LogP contribution in [-0.4, -0.2) is 118 Å². The van der Waals surface area contributed by atoms with Crippen molar-refractivity contribution < 1.29 is 33.2 Å². The van der Waals surface area contributed by atoms with E-state index in [-0.39, 0.29) is 58.3 Å². The van der Waals surface area contributed by atoms with Gasteiger partial charge in [-0.25, -0.2) is 4.21 Å². The number of carbonyl (C=O) groups is 3. The number of aliphatic hydroxyl groups is 1. The maximum Gasteiger partial charge on any atom is 0.286 e. The Bertz CT molecular complexity index is 2310. The number of aryl methyl sites for hydroxylation is 3. The van der Waals surface area contributed by atoms with E-state index in [0.717, 1.165) is 50.9 Å². The van der Waals surface area contributed by atoms with Crippen molar-refractivity contribution in [3.63, 3.8) is 0 Å². The number of fused-ring (bicyclic) bond motifs is 4. The highest BCUT2D eigenvalue weighted by molar-refractivity contribution is 7.92. The fourth-order valence-electron chi connectivity index (χ4n) is 10.1. The summed E-state index contributed by atoms with van der Waals surface area (Å²) < 4.78 is 35.2. The van der Waals surface area contributed by atoms with Crippen LogP contribution < -0.4 is 19.1 Å². The predicted octanol–water partition coefficient (Wildman–Crippen LogP) is 4.68. The molecule has 14 nitrogen and oxygen atoms in total. The van der Waals surface area contributed by atoms with Gasteiger partial charge in [0, 0.05) is 63.5 Å². The van der Waals surface area contributed by atoms with Crippen LogP contribution in [0.4, 0.5) is 5.69 Å². The normalized spacial score (nSPS) is 30.2. The van der Waals surface area contributed by atoms with Crippen molar-refractivity contribution in [3.8, 4) is 11.6 Å². The lowest BCUT2D eigenvalue weighted by molar-refractivity contribution is -0.141. The molecular formula is C45H59N7O7S. The summed E-state index contributed by atoms with van der Waals surface area (Å²) in [4.78, 5) is 48.3. The van der Waals surface area contributed by atoms with Gasteiger partial charge in [0.15, 0.2) is 0 Å². The van der Waals surface area contributed by atoms with E-state index in [9.17, 15) is 23.7 Å². The van der Waals surface area contributed by atoms with Gasteiger partial charge in [-0.1, -0.05) is 42.8 Å². The Kier molecular flexibility index (Phi) is 11.6. The van der Waals surface area contributed by atoms with Crippen molar-refractivity contribution >= 4 is 33.3 Å². The topological polar surface area (TPSA) is 159 Å². The number of nitrogens with one attached hydrogen (secondary N) is 1. The van der Waals surface area contributed by atoms with E-state index in [1.165, 1.54) is 34.7 Å². The highest BCUT2D eigenvalue weighted by atomic mass is 32.2. The summed E-state index contributed by atoms with van der Waals surface area (Å²) in [5, 5.41) is 16.9. The fraction of sp³-hybridized carbons (Fsp3) is 0.556. The second-order valence-corrected chi connectivity index (χ2v) is 20.0. The second kappa shape index (κ2) is 16.6. The first-order chi connectivity index (χ1) is 28.7. The molecule has 3 aliphatic heterocycles. The molecule has 1 saturated carbocycles. The quantitative estimate of drug-likeness (QED) is 0.346. The Morgan fingerprint density at radius 1 is 1.10 bits per heavy atom. The smallest absolute Gasteiger partial charge is 0.286 e. The minimum Gasteiger partial charge on any atom is -0.490 e. The first-order valence-electron chi connectivity index (χ1n) is 21.3. The van der Waals surface area contributed by atoms with Crippen molar-refractivity contribution in [1.29, 1.82) is 0 Å². The molecule has 322 valence electrons. The van der Waals surface area contributed by atoms with Crippen LogP contribution in [-0.2, 0) is 33.6 Å². The Hall–Kier alpha value is -4.73. The number of anilines is 1. The lowest BCUT2D eigenvalue weighted by Gasteiger charge is -2.49. The molecule has 5 aliphatic rings. The molecule has 2 bridgehead atoms. The van der Waals surface area contributed by atoms with Gasteiger partial charge in [0.1, 0.15) is 21.2 Å². The third-order valence-corrected chi connectivity index (χ3v) is 15.4. The van der Waals surface area contributed by atoms with Crippen molar-refractivity contribution in [2.24, 2.45) is 29.2 Å². The van der Waals surface area contributed by atoms with Crippen molar-refractivity contribution in [1.82, 2.24) is 24.3 Å². The molecule has 15 heteroatoms. The van der Waals surface area contributed by atoms with Crippen LogP contribution in [0.25, 0.3) is 0 Å². The molecule has 2 unspecified atom stereocenters. The van der Waals surface area contributed by atoms with E-state index in [0.29, 0.717) is 45.0 Å². The summed E-state index contributed by atoms with van der Waals surface area (Å²) in [6.45, 7) is 8.44. The lowest BCUT2D eigenvalue weighted by atomic mass is 9.63. The first-order valence-corrected chi connectivity index (χ1v) is 23.0. The Morgan fingerprint density at radius 3 is 2.65 bits per heavy atom. The van der Waals surface area contributed by atoms with Crippen LogP contribution >= 0.6 is 0 Å². The zero-order valence-corrected chi connectivity index (χ0v) is 36.3. The number of methoxy groups -OCH3 is 1. The summed E-state index contributed by atoms with van der Waals surface area (Å²) in [5.41, 5.74) is 3.08. The molecule has 0 radical (unpaired) electrons. The number of carbonyl (C=O) groups excluding carboxylic acids is 3. The SMILES string of the molecule is COc1nn(C)cc1C(=O)NS1(=O)=NC(=O)c2ccc3c(c2)N(C[C@@H]2CC[C@H]2C(O)(CC(=O)N2CCN(C)CC2)/C=C/C[C@H](C)C1)C[C@@]1(CCCc2cc(C)ccc21)CO3. The number of piperazine rings is 1. The summed E-state index contributed by atoms with van der Waals surface area (Å²) in [7, 11) is 1.35. The van der Waals surface area contributed by atoms with Crippen molar-refractivity contribution in [2.45, 2.75) is 69.8 Å². The number of aromatic nitrogens is 2. The van der Waals surface area contributed by atoms with E-state index in [1.54, 1.807) is 31.3 Å². The van der Waals surface area contributed by atoms with Gasteiger partial charge in [-0.05, 0) is 99.6 Å². The molecule has 8 rings (SSSR count). The van der Waals surface area contributed by atoms with Crippen LogP contribution in [0.5, 0.6) is 11.6 Å². The highest BCUT2D eigenvalue weighted by Crippen LogP contribution is 2.49. The molecular weight excluding hydrogens is 783 g/mol. The van der Waals surface area contributed by atoms with Gasteiger partial charge in [0.2, 0.25) is 11.8 Å². The van der Waals surface area contributed by atoms with E-state index < -0.39 is 27.3 Å². The van der Waals surface area contributed by atoms with Gasteiger partial charge in [0.25, 0.3) is 11.8 Å². The number of ether oxygens (including phenoxy) is 2. The summed E-state index contributed by atoms with van der Waals surface area (Å²) in [5.74, 6) is -1.48. The largest absolute Gasteiger partial charge is 0.490 e. The van der Waals surface area contributed by atoms with Crippen molar-refractivity contribution in [3.05, 3.63) is 82.6 Å². The highest BCUT2D eigenvalue weighted by Gasteiger charge is 2.49. The summed E-state index contributed by atoms with van der Waals surface area (Å²) in [6, 6.07) is 11.9. The molecule has 4 heterocycles. The number of amides is 3. The molecule has 3 amide bonds. The number of nitrogens with zero attached hydrogens (tertiary/aromatic N) is 6. The van der Waals surface area contributed by atoms with Crippen LogP contribution in [0.15, 0.2) is 59.1 Å². The van der Waals surface area contributed by atoms with Crippen molar-refractivity contribution in [2.75, 3.05) is 70.7 Å². The zero-order valence-electron chi connectivity index (χ0n) is 35.5. The summed E-state index contributed by atoms with van der Waals surface area (Å²) in [6.07, 6.45) is 10.0. The Morgan fingerprint density at radius 2 is 1.90 bits per heavy atom. The third-order valence-electron chi connectivity index (χ3n) is 13.5. The number of likely N-dealkylation sites (N-methyl/N-ethyl adjacent to an activating group) is 1. The van der Waals surface area contributed by atoms with Crippen LogP contribution in [0.3, 0.4) is 0 Å². The number of hydrogen-bond donors (Lipinski definition) is 2. The second-order valence-electron chi connectivity index (χ2n) is 18.0. The monoisotopic (exact) mass is 841 g/mol. The summed E-state index contributed by atoms with van der Waals surface area (Å²) >= 11 is 0. The van der Waals surface area contributed by atoms with Crippen LogP contribution in [0.2, 0.25) is 0 Å². The Labute approximate surface area is 353 Å². The van der Waals surface area contributed by atoms with Crippen LogP contribution in [0, 0.1) is 24.7 Å². The standard InChI is InChI=1S/C45H59N7O7S/c1-30-10-13-36-32(22-30)9-7-16-44(36)28-52-25-34-11-14-37(34)45(56,24-40(53)51-20-18-49(3)19-21-51)17-6-8-31(2)27-60(57,48-42(55)35-26-50(4)46-43(35)58-5)47-41(54)33-12-15-39(59-29-44)38(52)23-33/h6,10,12-13,15,17,22-23,26,31,34,37,56H,7-9,11,14,16,18-21,24-25,27-29H2,1-5H3,(H,47,48,54,55,57)/b17-6+/t31-,34-,37+,44-,45?,60?/m0/s1. The lowest BCUT2D eigenvalue weighted by Crippen LogP contribution is -2.55. The number of hydrogen-bond acceptors (Lipinski definition) is 10. The molecule has 1 saturated heterocycles. The molecule has 2 fully saturated rings. The van der Waals surface area contributed by atoms with E-state index in [4.69, 9.17) is 9.47 Å². The first kappa shape index (κ1) is 42.0. The van der Waals surface area contributed by atoms with Gasteiger partial charge in [-0.15, -0.1) is 9.46 Å². The molecule has 6 atom stereocenters. The van der Waals surface area contributed by atoms with Crippen LogP contribution in [0.1, 0.15) is 82.9 Å². The minimum absolute atomic E-state index is 0.0349. The molecule has 2 aliphatic carbocycles. The van der Waals surface area contributed by atoms with Gasteiger partial charge in [0.05, 0.1) is 37.2 Å². The minimum atomic E-state index is -3.73. The zero-order chi connectivity index (χ0) is 42.4. The molecule has 2 N–H and O–H groups in total. The fourth-order valence-corrected chi connectivity index (χ4v) is 12.0. The maximum atomic E-state index is 14.8. The number of allylic oxidation sites excluding steroid dienone is 1. The molecule has 2 aromatic carbocycles. The van der Waals surface area contributed by atoms with Gasteiger partial charge in [-0.2, -0.15) is 0 Å². The number of rotatable bonds is 5. The molecule has 3 aromatic rings. The maximum absolute atomic E-state index is 14.8. The molecule has 1 spiro atoms. The third kappa shape index (κ3) is 8.45. The number of benzene rings is 2. The average Bonchev–Trinajstić information content (AvgIpc) is 3.51. The molecule has 1 aromatic heterocycles. The predicted molar refractivity (Wildman–Crippen MR) is 230 cm³/mol. The van der Waals surface area contributed by atoms with Gasteiger partial charge >= 0.3 is 0 Å². The van der Waals surface area contributed by atoms with Gasteiger partial charge in [-0.3, -0.25) is 23.8 Å². The van der Waals surface area contributed by atoms with E-state index >= 15 is 0 Å². The van der Waals surface area contributed by atoms with E-state index in [2.05, 4.69) is 56.2 Å².